The number of aryl methyl sites for hydroxylation is 1. The van der Waals surface area contributed by atoms with Crippen LogP contribution in [0.3, 0.4) is 0 Å². The lowest BCUT2D eigenvalue weighted by Crippen LogP contribution is -2.40. The van der Waals surface area contributed by atoms with E-state index in [-0.39, 0.29) is 11.8 Å². The number of hydrogen-bond acceptors (Lipinski definition) is 6. The van der Waals surface area contributed by atoms with Crippen LogP contribution < -0.4 is 5.32 Å². The maximum absolute atomic E-state index is 12.6. The lowest BCUT2D eigenvalue weighted by Gasteiger charge is -2.29. The molecule has 3 aromatic rings. The number of carbonyl (C=O) groups excluding carboxylic acids is 1. The van der Waals surface area contributed by atoms with Crippen LogP contribution in [-0.4, -0.2) is 57.7 Å². The van der Waals surface area contributed by atoms with Crippen molar-refractivity contribution < 1.29 is 13.2 Å². The summed E-state index contributed by atoms with van der Waals surface area (Å²) < 4.78 is 26.4. The predicted octanol–water partition coefficient (Wildman–Crippen LogP) is 1.64. The molecule has 0 saturated carbocycles. The van der Waals surface area contributed by atoms with Crippen molar-refractivity contribution in [3.63, 3.8) is 0 Å². The summed E-state index contributed by atoms with van der Waals surface area (Å²) in [6.07, 6.45) is 9.28. The Morgan fingerprint density at radius 1 is 1.10 bits per heavy atom. The van der Waals surface area contributed by atoms with Gasteiger partial charge < -0.3 is 5.32 Å². The molecule has 1 aliphatic heterocycles. The third-order valence-electron chi connectivity index (χ3n) is 5.15. The van der Waals surface area contributed by atoms with E-state index in [1.807, 2.05) is 19.3 Å². The van der Waals surface area contributed by atoms with Gasteiger partial charge in [0.2, 0.25) is 15.9 Å². The predicted molar refractivity (Wildman–Crippen MR) is 110 cm³/mol. The third-order valence-corrected chi connectivity index (χ3v) is 6.45. The number of rotatable bonds is 4. The van der Waals surface area contributed by atoms with Crippen LogP contribution in [-0.2, 0) is 21.9 Å². The number of fused-ring (bicyclic) bond motifs is 1. The van der Waals surface area contributed by atoms with Gasteiger partial charge in [0, 0.05) is 55.0 Å². The molecule has 1 saturated heterocycles. The van der Waals surface area contributed by atoms with E-state index in [1.165, 1.54) is 10.6 Å². The Hall–Kier alpha value is -2.85. The van der Waals surface area contributed by atoms with Crippen LogP contribution in [0.1, 0.15) is 12.8 Å². The van der Waals surface area contributed by atoms with Crippen molar-refractivity contribution in [2.24, 2.45) is 13.0 Å². The Bertz CT molecular complexity index is 1170. The zero-order valence-electron chi connectivity index (χ0n) is 16.2. The van der Waals surface area contributed by atoms with E-state index >= 15 is 0 Å². The molecule has 1 fully saturated rings. The van der Waals surface area contributed by atoms with Crippen molar-refractivity contribution in [2.75, 3.05) is 24.7 Å². The Morgan fingerprint density at radius 2 is 1.86 bits per heavy atom. The van der Waals surface area contributed by atoms with Gasteiger partial charge in [-0.1, -0.05) is 0 Å². The largest absolute Gasteiger partial charge is 0.310 e. The summed E-state index contributed by atoms with van der Waals surface area (Å²) in [5, 5.41) is 7.90. The Balaban J connectivity index is 1.48. The van der Waals surface area contributed by atoms with Crippen molar-refractivity contribution in [1.82, 2.24) is 24.1 Å². The second-order valence-electron chi connectivity index (χ2n) is 7.31. The first kappa shape index (κ1) is 19.5. The minimum Gasteiger partial charge on any atom is -0.310 e. The quantitative estimate of drug-likeness (QED) is 0.695. The molecule has 0 radical (unpaired) electrons. The number of nitrogens with one attached hydrogen (secondary N) is 1. The molecule has 29 heavy (non-hydrogen) atoms. The van der Waals surface area contributed by atoms with Crippen molar-refractivity contribution in [2.45, 2.75) is 12.8 Å². The smallest absolute Gasteiger partial charge is 0.228 e. The number of sulfonamides is 1. The molecule has 1 amide bonds. The van der Waals surface area contributed by atoms with Gasteiger partial charge in [-0.2, -0.15) is 5.10 Å². The number of anilines is 1. The molecule has 4 rings (SSSR count). The molecule has 0 spiro atoms. The Labute approximate surface area is 168 Å². The maximum atomic E-state index is 12.6. The highest BCUT2D eigenvalue weighted by atomic mass is 32.2. The summed E-state index contributed by atoms with van der Waals surface area (Å²) in [7, 11) is -1.35. The number of aromatic nitrogens is 4. The molecule has 0 aromatic carbocycles. The first-order chi connectivity index (χ1) is 13.8. The van der Waals surface area contributed by atoms with Crippen LogP contribution in [0.2, 0.25) is 0 Å². The van der Waals surface area contributed by atoms with Crippen LogP contribution in [0.4, 0.5) is 5.82 Å². The van der Waals surface area contributed by atoms with Crippen LogP contribution in [0.25, 0.3) is 22.0 Å². The van der Waals surface area contributed by atoms with Crippen LogP contribution in [0.15, 0.2) is 36.9 Å². The van der Waals surface area contributed by atoms with Gasteiger partial charge >= 0.3 is 0 Å². The molecule has 1 N–H and O–H groups in total. The molecule has 0 unspecified atom stereocenters. The van der Waals surface area contributed by atoms with Gasteiger partial charge in [0.05, 0.1) is 24.2 Å². The average molecular weight is 414 g/mol. The molecule has 152 valence electrons. The molecule has 0 bridgehead atoms. The van der Waals surface area contributed by atoms with Gasteiger partial charge in [-0.3, -0.25) is 14.5 Å². The fourth-order valence-corrected chi connectivity index (χ4v) is 4.38. The van der Waals surface area contributed by atoms with E-state index in [1.54, 1.807) is 29.3 Å². The molecule has 1 aliphatic rings. The molecule has 9 nitrogen and oxygen atoms in total. The van der Waals surface area contributed by atoms with Gasteiger partial charge in [-0.15, -0.1) is 0 Å². The molecule has 0 aliphatic carbocycles. The topological polar surface area (TPSA) is 110 Å². The highest BCUT2D eigenvalue weighted by Crippen LogP contribution is 2.24. The van der Waals surface area contributed by atoms with E-state index in [2.05, 4.69) is 20.4 Å². The van der Waals surface area contributed by atoms with Gasteiger partial charge in [-0.05, 0) is 25.0 Å². The van der Waals surface area contributed by atoms with Crippen molar-refractivity contribution in [1.29, 1.82) is 0 Å². The first-order valence-corrected chi connectivity index (χ1v) is 11.2. The molecule has 10 heteroatoms. The Kier molecular flexibility index (Phi) is 5.05. The first-order valence-electron chi connectivity index (χ1n) is 9.30. The van der Waals surface area contributed by atoms with Crippen LogP contribution >= 0.6 is 0 Å². The lowest BCUT2D eigenvalue weighted by atomic mass is 9.97. The zero-order valence-corrected chi connectivity index (χ0v) is 17.1. The fourth-order valence-electron chi connectivity index (χ4n) is 3.51. The van der Waals surface area contributed by atoms with E-state index < -0.39 is 10.0 Å². The van der Waals surface area contributed by atoms with Gasteiger partial charge in [0.1, 0.15) is 5.82 Å². The number of amides is 1. The highest BCUT2D eigenvalue weighted by molar-refractivity contribution is 7.88. The monoisotopic (exact) mass is 414 g/mol. The van der Waals surface area contributed by atoms with Crippen molar-refractivity contribution >= 4 is 32.7 Å². The maximum Gasteiger partial charge on any atom is 0.228 e. The van der Waals surface area contributed by atoms with Crippen molar-refractivity contribution in [3.05, 3.63) is 36.9 Å². The average Bonchev–Trinajstić information content (AvgIpc) is 3.13. The lowest BCUT2D eigenvalue weighted by molar-refractivity contribution is -0.120. The summed E-state index contributed by atoms with van der Waals surface area (Å²) in [6.45, 7) is 0.723. The number of piperidine rings is 1. The van der Waals surface area contributed by atoms with Crippen LogP contribution in [0, 0.1) is 5.92 Å². The number of carbonyl (C=O) groups is 1. The number of nitrogens with zero attached hydrogens (tertiary/aromatic N) is 5. The summed E-state index contributed by atoms with van der Waals surface area (Å²) in [5.41, 5.74) is 2.63. The van der Waals surface area contributed by atoms with Gasteiger partial charge in [0.25, 0.3) is 0 Å². The minimum absolute atomic E-state index is 0.138. The summed E-state index contributed by atoms with van der Waals surface area (Å²) >= 11 is 0. The Morgan fingerprint density at radius 3 is 2.52 bits per heavy atom. The standard InChI is InChI=1S/C19H22N6O3S/c1-24-12-16(10-22-24)15-7-14-8-18(21-11-17(14)20-9-15)23-19(26)13-3-5-25(6-4-13)29(2,27)28/h7-13H,3-6H2,1-2H3,(H,21,23,26). The van der Waals surface area contributed by atoms with Gasteiger partial charge in [0.15, 0.2) is 0 Å². The molecule has 3 aromatic heterocycles. The molecular formula is C19H22N6O3S. The second kappa shape index (κ2) is 7.53. The third kappa shape index (κ3) is 4.28. The highest BCUT2D eigenvalue weighted by Gasteiger charge is 2.29. The van der Waals surface area contributed by atoms with Gasteiger partial charge in [-0.25, -0.2) is 17.7 Å². The molecule has 0 atom stereocenters. The summed E-state index contributed by atoms with van der Waals surface area (Å²) in [4.78, 5) is 21.3. The number of hydrogen-bond donors (Lipinski definition) is 1. The molecular weight excluding hydrogens is 392 g/mol. The second-order valence-corrected chi connectivity index (χ2v) is 9.30. The van der Waals surface area contributed by atoms with Crippen LogP contribution in [0.5, 0.6) is 0 Å². The van der Waals surface area contributed by atoms with Crippen molar-refractivity contribution in [3.8, 4) is 11.1 Å². The van der Waals surface area contributed by atoms with E-state index in [9.17, 15) is 13.2 Å². The van der Waals surface area contributed by atoms with E-state index in [0.29, 0.717) is 31.7 Å². The fraction of sp³-hybridized carbons (Fsp3) is 0.368. The normalized spacial score (nSPS) is 16.2. The van der Waals surface area contributed by atoms with E-state index in [4.69, 9.17) is 0 Å². The van der Waals surface area contributed by atoms with E-state index in [0.717, 1.165) is 22.0 Å². The zero-order chi connectivity index (χ0) is 20.6. The number of pyridine rings is 2. The molecule has 4 heterocycles. The SMILES string of the molecule is Cn1cc(-c2cnc3cnc(NC(=O)C4CCN(S(C)(=O)=O)CC4)cc3c2)cn1. The minimum atomic E-state index is -3.21. The summed E-state index contributed by atoms with van der Waals surface area (Å²) in [5.74, 6) is 0.0879. The summed E-state index contributed by atoms with van der Waals surface area (Å²) in [6, 6.07) is 3.78.